The number of halogens is 1. The lowest BCUT2D eigenvalue weighted by atomic mass is 10.3. The number of carbonyl (C=O) groups is 4. The van der Waals surface area contributed by atoms with E-state index < -0.39 is 17.7 Å². The monoisotopic (exact) mass is 754 g/mol. The second kappa shape index (κ2) is 17.7. The van der Waals surface area contributed by atoms with Gasteiger partial charge in [-0.2, -0.15) is 4.37 Å². The fourth-order valence-corrected chi connectivity index (χ4v) is 6.84. The van der Waals surface area contributed by atoms with Crippen LogP contribution in [0.2, 0.25) is 5.02 Å². The Hall–Kier alpha value is -4.68. The van der Waals surface area contributed by atoms with Crippen molar-refractivity contribution in [2.75, 3.05) is 87.7 Å². The number of unbranched alkanes of at least 4 members (excludes halogenated alkanes) is 1. The third-order valence-electron chi connectivity index (χ3n) is 8.58. The SMILES string of the molecule is CN(C)CCCCNC(=O)c1cc(NC(=O)c2cc(NC(=O)c3cc(NC(=O)c4nsc(NCCN5CCNCC5)c4Cl)cn3C)cn2C)cn1C. The van der Waals surface area contributed by atoms with Crippen molar-refractivity contribution < 1.29 is 19.2 Å². The van der Waals surface area contributed by atoms with E-state index in [4.69, 9.17) is 11.6 Å². The summed E-state index contributed by atoms with van der Waals surface area (Å²) in [5, 5.41) is 18.8. The lowest BCUT2D eigenvalue weighted by molar-refractivity contribution is 0.0942. The number of amides is 4. The molecule has 5 rings (SSSR count). The van der Waals surface area contributed by atoms with Gasteiger partial charge in [0.2, 0.25) is 0 Å². The summed E-state index contributed by atoms with van der Waals surface area (Å²) in [5.74, 6) is -1.56. The molecule has 5 heterocycles. The van der Waals surface area contributed by atoms with Gasteiger partial charge < -0.3 is 50.5 Å². The molecule has 280 valence electrons. The molecule has 6 N–H and O–H groups in total. The van der Waals surface area contributed by atoms with Crippen LogP contribution in [0.25, 0.3) is 0 Å². The van der Waals surface area contributed by atoms with Gasteiger partial charge >= 0.3 is 0 Å². The van der Waals surface area contributed by atoms with Gasteiger partial charge in [-0.15, -0.1) is 0 Å². The molecule has 0 aliphatic carbocycles. The predicted molar refractivity (Wildman–Crippen MR) is 205 cm³/mol. The van der Waals surface area contributed by atoms with Crippen molar-refractivity contribution in [3.63, 3.8) is 0 Å². The van der Waals surface area contributed by atoms with Crippen LogP contribution in [0, 0.1) is 0 Å². The van der Waals surface area contributed by atoms with Crippen LogP contribution < -0.4 is 31.9 Å². The molecule has 1 fully saturated rings. The van der Waals surface area contributed by atoms with Crippen LogP contribution in [0.4, 0.5) is 22.1 Å². The summed E-state index contributed by atoms with van der Waals surface area (Å²) in [6.07, 6.45) is 6.75. The second-order valence-corrected chi connectivity index (χ2v) is 14.1. The molecule has 4 aromatic heterocycles. The minimum atomic E-state index is -0.491. The van der Waals surface area contributed by atoms with Gasteiger partial charge in [0.15, 0.2) is 5.69 Å². The normalized spacial score (nSPS) is 13.3. The number of hydrogen-bond acceptors (Lipinski definition) is 10. The maximum atomic E-state index is 13.3. The van der Waals surface area contributed by atoms with Crippen molar-refractivity contribution in [1.82, 2.24) is 38.5 Å². The lowest BCUT2D eigenvalue weighted by Gasteiger charge is -2.27. The number of aromatic nitrogens is 4. The Morgan fingerprint density at radius 1 is 0.788 bits per heavy atom. The molecule has 1 aliphatic rings. The predicted octanol–water partition coefficient (Wildman–Crippen LogP) is 2.96. The van der Waals surface area contributed by atoms with Gasteiger partial charge in [-0.1, -0.05) is 11.6 Å². The molecule has 0 saturated carbocycles. The van der Waals surface area contributed by atoms with Gasteiger partial charge in [-0.25, -0.2) is 0 Å². The highest BCUT2D eigenvalue weighted by Gasteiger charge is 2.22. The standard InChI is InChI=1S/C34H47ClN12O4S/c1-43(2)12-7-6-8-37-30(48)25-16-22(19-44(25)3)39-31(49)26-17-23(20-45(26)4)40-32(50)27-18-24(21-46(27)5)41-33(51)29-28(35)34(52-42-29)38-11-15-47-13-9-36-10-14-47/h16-21,36,38H,6-15H2,1-5H3,(H,37,48)(H,39,49)(H,40,50)(H,41,51). The molecule has 0 spiro atoms. The number of nitrogens with zero attached hydrogens (tertiary/aromatic N) is 6. The zero-order chi connectivity index (χ0) is 37.4. The fraction of sp³-hybridized carbons (Fsp3) is 0.441. The minimum absolute atomic E-state index is 0.0995. The molecule has 0 bridgehead atoms. The van der Waals surface area contributed by atoms with Crippen LogP contribution in [-0.2, 0) is 21.1 Å². The highest BCUT2D eigenvalue weighted by Crippen LogP contribution is 2.31. The van der Waals surface area contributed by atoms with Crippen LogP contribution >= 0.6 is 23.1 Å². The van der Waals surface area contributed by atoms with Gasteiger partial charge in [0, 0.05) is 85.5 Å². The van der Waals surface area contributed by atoms with E-state index in [0.717, 1.165) is 63.6 Å². The Balaban J connectivity index is 1.13. The third-order valence-corrected chi connectivity index (χ3v) is 9.86. The van der Waals surface area contributed by atoms with Crippen molar-refractivity contribution in [1.29, 1.82) is 0 Å². The largest absolute Gasteiger partial charge is 0.373 e. The van der Waals surface area contributed by atoms with Gasteiger partial charge in [0.1, 0.15) is 27.1 Å². The summed E-state index contributed by atoms with van der Waals surface area (Å²) in [6, 6.07) is 4.73. The van der Waals surface area contributed by atoms with Crippen molar-refractivity contribution in [2.45, 2.75) is 12.8 Å². The number of carbonyl (C=O) groups excluding carboxylic acids is 4. The van der Waals surface area contributed by atoms with Crippen LogP contribution in [0.5, 0.6) is 0 Å². The first-order chi connectivity index (χ1) is 24.9. The van der Waals surface area contributed by atoms with Crippen LogP contribution in [0.15, 0.2) is 36.8 Å². The van der Waals surface area contributed by atoms with E-state index in [9.17, 15) is 19.2 Å². The Morgan fingerprint density at radius 3 is 1.85 bits per heavy atom. The molecule has 0 atom stereocenters. The number of hydrogen-bond donors (Lipinski definition) is 6. The van der Waals surface area contributed by atoms with Crippen LogP contribution in [0.1, 0.15) is 54.8 Å². The maximum Gasteiger partial charge on any atom is 0.277 e. The quantitative estimate of drug-likeness (QED) is 0.0941. The third kappa shape index (κ3) is 10.0. The van der Waals surface area contributed by atoms with Gasteiger partial charge in [-0.05, 0) is 63.2 Å². The molecule has 16 nitrogen and oxygen atoms in total. The molecule has 0 unspecified atom stereocenters. The second-order valence-electron chi connectivity index (χ2n) is 13.0. The summed E-state index contributed by atoms with van der Waals surface area (Å²) >= 11 is 7.63. The average molecular weight is 755 g/mol. The topological polar surface area (TPSA) is 175 Å². The van der Waals surface area contributed by atoms with Gasteiger partial charge in [-0.3, -0.25) is 24.1 Å². The van der Waals surface area contributed by atoms with E-state index >= 15 is 0 Å². The molecule has 0 radical (unpaired) electrons. The molecule has 4 amide bonds. The van der Waals surface area contributed by atoms with Crippen LogP contribution in [-0.4, -0.2) is 118 Å². The Bertz CT molecular complexity index is 1890. The molecule has 4 aromatic rings. The van der Waals surface area contributed by atoms with E-state index in [2.05, 4.69) is 46.1 Å². The molecule has 1 saturated heterocycles. The molecule has 0 aromatic carbocycles. The molecular formula is C34H47ClN12O4S. The van der Waals surface area contributed by atoms with Crippen molar-refractivity contribution in [3.05, 3.63) is 64.6 Å². The molecular weight excluding hydrogens is 708 g/mol. The first kappa shape index (κ1) is 38.5. The first-order valence-corrected chi connectivity index (χ1v) is 18.2. The Morgan fingerprint density at radius 2 is 1.31 bits per heavy atom. The average Bonchev–Trinajstić information content (AvgIpc) is 3.86. The summed E-state index contributed by atoms with van der Waals surface area (Å²) in [6.45, 7) is 6.98. The van der Waals surface area contributed by atoms with Crippen molar-refractivity contribution >= 4 is 68.8 Å². The lowest BCUT2D eigenvalue weighted by Crippen LogP contribution is -2.45. The van der Waals surface area contributed by atoms with Crippen molar-refractivity contribution in [3.8, 4) is 0 Å². The van der Waals surface area contributed by atoms with E-state index in [1.54, 1.807) is 71.6 Å². The summed E-state index contributed by atoms with van der Waals surface area (Å²) in [5.41, 5.74) is 2.35. The fourth-order valence-electron chi connectivity index (χ4n) is 5.79. The zero-order valence-electron chi connectivity index (χ0n) is 30.1. The number of piperazine rings is 1. The zero-order valence-corrected chi connectivity index (χ0v) is 31.7. The maximum absolute atomic E-state index is 13.3. The molecule has 18 heteroatoms. The highest BCUT2D eigenvalue weighted by atomic mass is 35.5. The molecule has 52 heavy (non-hydrogen) atoms. The van der Waals surface area contributed by atoms with E-state index in [1.165, 1.54) is 0 Å². The molecule has 1 aliphatic heterocycles. The summed E-state index contributed by atoms with van der Waals surface area (Å²) in [4.78, 5) is 56.7. The van der Waals surface area contributed by atoms with Gasteiger partial charge in [0.05, 0.1) is 17.1 Å². The summed E-state index contributed by atoms with van der Waals surface area (Å²) in [7, 11) is 9.15. The van der Waals surface area contributed by atoms with E-state index in [1.807, 2.05) is 14.1 Å². The summed E-state index contributed by atoms with van der Waals surface area (Å²) < 4.78 is 9.09. The number of anilines is 4. The van der Waals surface area contributed by atoms with E-state index in [0.29, 0.717) is 46.5 Å². The van der Waals surface area contributed by atoms with Crippen molar-refractivity contribution in [2.24, 2.45) is 21.1 Å². The minimum Gasteiger partial charge on any atom is -0.373 e. The Kier molecular flexibility index (Phi) is 13.1. The number of nitrogens with one attached hydrogen (secondary N) is 6. The Labute approximate surface area is 312 Å². The highest BCUT2D eigenvalue weighted by molar-refractivity contribution is 7.11. The van der Waals surface area contributed by atoms with E-state index in [-0.39, 0.29) is 22.3 Å². The first-order valence-electron chi connectivity index (χ1n) is 17.1. The van der Waals surface area contributed by atoms with Crippen LogP contribution in [0.3, 0.4) is 0 Å². The van der Waals surface area contributed by atoms with Gasteiger partial charge in [0.25, 0.3) is 23.6 Å². The number of aryl methyl sites for hydroxylation is 3. The number of rotatable bonds is 16. The smallest absolute Gasteiger partial charge is 0.277 e.